The second-order valence-corrected chi connectivity index (χ2v) is 5.73. The van der Waals surface area contributed by atoms with Gasteiger partial charge in [-0.15, -0.1) is 0 Å². The average molecular weight is 304 g/mol. The highest BCUT2D eigenvalue weighted by Crippen LogP contribution is 2.14. The summed E-state index contributed by atoms with van der Waals surface area (Å²) in [4.78, 5) is 10.0. The zero-order valence-electron chi connectivity index (χ0n) is 10.8. The van der Waals surface area contributed by atoms with E-state index in [0.717, 1.165) is 5.41 Å². The number of benzene rings is 2. The topological polar surface area (TPSA) is 89.3 Å². The van der Waals surface area contributed by atoms with Crippen LogP contribution >= 0.6 is 0 Å². The van der Waals surface area contributed by atoms with Gasteiger partial charge in [0.2, 0.25) is 0 Å². The highest BCUT2D eigenvalue weighted by Gasteiger charge is 2.06. The number of sulfonamides is 1. The van der Waals surface area contributed by atoms with Crippen molar-refractivity contribution in [3.05, 3.63) is 75.7 Å². The summed E-state index contributed by atoms with van der Waals surface area (Å²) in [5.74, 6) is 0. The number of hydrogen-bond donors (Lipinski definition) is 1. The molecule has 1 N–H and O–H groups in total. The summed E-state index contributed by atoms with van der Waals surface area (Å²) in [6.07, 6.45) is 1.37. The summed E-state index contributed by atoms with van der Waals surface area (Å²) in [6.45, 7) is 0. The van der Waals surface area contributed by atoms with Gasteiger partial charge < -0.3 is 0 Å². The van der Waals surface area contributed by atoms with E-state index in [1.165, 1.54) is 30.3 Å². The largest absolute Gasteiger partial charge is 0.280 e. The summed E-state index contributed by atoms with van der Waals surface area (Å²) < 4.78 is 26.1. The zero-order chi connectivity index (χ0) is 15.3. The minimum absolute atomic E-state index is 0.0441. The van der Waals surface area contributed by atoms with Crippen molar-refractivity contribution >= 4 is 27.5 Å². The van der Waals surface area contributed by atoms with Crippen LogP contribution < -0.4 is 4.72 Å². The predicted octanol–water partition coefficient (Wildman–Crippen LogP) is 3.01. The number of nitro groups is 1. The number of nitrogens with zero attached hydrogens (tertiary/aromatic N) is 1. The van der Waals surface area contributed by atoms with Crippen LogP contribution in [0.15, 0.2) is 60.0 Å². The summed E-state index contributed by atoms with van der Waals surface area (Å²) in [6, 6.07) is 14.1. The molecule has 0 aliphatic rings. The summed E-state index contributed by atoms with van der Waals surface area (Å²) in [5.41, 5.74) is 0.974. The second-order valence-electron chi connectivity index (χ2n) is 4.16. The van der Waals surface area contributed by atoms with E-state index in [1.807, 2.05) is 0 Å². The molecule has 0 aliphatic carbocycles. The summed E-state index contributed by atoms with van der Waals surface area (Å²) in [5, 5.41) is 11.5. The predicted molar refractivity (Wildman–Crippen MR) is 81.1 cm³/mol. The van der Waals surface area contributed by atoms with Crippen molar-refractivity contribution in [2.24, 2.45) is 0 Å². The molecular formula is C14H12N2O4S. The molecule has 0 unspecified atom stereocenters. The Hall–Kier alpha value is -2.67. The van der Waals surface area contributed by atoms with Gasteiger partial charge in [-0.05, 0) is 35.9 Å². The van der Waals surface area contributed by atoms with Crippen LogP contribution in [0.2, 0.25) is 0 Å². The van der Waals surface area contributed by atoms with E-state index in [0.29, 0.717) is 11.3 Å². The molecule has 0 heterocycles. The molecule has 21 heavy (non-hydrogen) atoms. The number of anilines is 1. The zero-order valence-corrected chi connectivity index (χ0v) is 11.7. The maximum Gasteiger partial charge on any atom is 0.269 e. The lowest BCUT2D eigenvalue weighted by atomic mass is 10.2. The Balaban J connectivity index is 2.10. The smallest absolute Gasteiger partial charge is 0.269 e. The van der Waals surface area contributed by atoms with Crippen LogP contribution in [0.1, 0.15) is 5.56 Å². The number of nitrogens with one attached hydrogen (secondary N) is 1. The first-order valence-corrected chi connectivity index (χ1v) is 7.51. The molecule has 2 aromatic carbocycles. The van der Waals surface area contributed by atoms with Gasteiger partial charge in [-0.1, -0.05) is 18.2 Å². The third-order valence-corrected chi connectivity index (χ3v) is 3.59. The van der Waals surface area contributed by atoms with Crippen LogP contribution in [0.25, 0.3) is 6.08 Å². The van der Waals surface area contributed by atoms with Crippen LogP contribution in [0.4, 0.5) is 11.4 Å². The van der Waals surface area contributed by atoms with E-state index < -0.39 is 14.9 Å². The van der Waals surface area contributed by atoms with Crippen molar-refractivity contribution in [1.29, 1.82) is 0 Å². The molecule has 0 amide bonds. The third kappa shape index (κ3) is 4.43. The highest BCUT2D eigenvalue weighted by atomic mass is 32.2. The van der Waals surface area contributed by atoms with Gasteiger partial charge >= 0.3 is 0 Å². The molecule has 0 aliphatic heterocycles. The van der Waals surface area contributed by atoms with Crippen LogP contribution in [-0.2, 0) is 10.0 Å². The van der Waals surface area contributed by atoms with Gasteiger partial charge in [-0.2, -0.15) is 0 Å². The van der Waals surface area contributed by atoms with Crippen molar-refractivity contribution in [2.45, 2.75) is 0 Å². The molecule has 0 saturated carbocycles. The Morgan fingerprint density at radius 3 is 2.19 bits per heavy atom. The van der Waals surface area contributed by atoms with E-state index in [1.54, 1.807) is 30.3 Å². The number of para-hydroxylation sites is 1. The number of rotatable bonds is 5. The molecule has 7 heteroatoms. The lowest BCUT2D eigenvalue weighted by Gasteiger charge is -2.03. The molecule has 0 atom stereocenters. The minimum Gasteiger partial charge on any atom is -0.280 e. The molecule has 6 nitrogen and oxygen atoms in total. The fourth-order valence-electron chi connectivity index (χ4n) is 1.58. The molecule has 0 radical (unpaired) electrons. The molecule has 2 aromatic rings. The molecule has 0 fully saturated rings. The monoisotopic (exact) mass is 304 g/mol. The lowest BCUT2D eigenvalue weighted by Crippen LogP contribution is -2.08. The molecule has 0 spiro atoms. The molecular weight excluding hydrogens is 292 g/mol. The summed E-state index contributed by atoms with van der Waals surface area (Å²) >= 11 is 0. The standard InChI is InChI=1S/C14H12N2O4S/c17-16(18)14-8-6-12(7-9-14)10-11-21(19,20)15-13-4-2-1-3-5-13/h1-11,15H. The SMILES string of the molecule is O=[N+]([O-])c1ccc(C=CS(=O)(=O)Nc2ccccc2)cc1. The first-order chi connectivity index (χ1) is 9.96. The average Bonchev–Trinajstić information content (AvgIpc) is 2.46. The Labute approximate surface area is 121 Å². The van der Waals surface area contributed by atoms with E-state index in [4.69, 9.17) is 0 Å². The molecule has 0 saturated heterocycles. The van der Waals surface area contributed by atoms with E-state index in [-0.39, 0.29) is 5.69 Å². The normalized spacial score (nSPS) is 11.4. The number of hydrogen-bond acceptors (Lipinski definition) is 4. The lowest BCUT2D eigenvalue weighted by molar-refractivity contribution is -0.384. The molecule has 0 bridgehead atoms. The minimum atomic E-state index is -3.62. The maximum absolute atomic E-state index is 11.8. The van der Waals surface area contributed by atoms with Crippen LogP contribution in [0.5, 0.6) is 0 Å². The van der Waals surface area contributed by atoms with Crippen molar-refractivity contribution in [3.8, 4) is 0 Å². The van der Waals surface area contributed by atoms with E-state index in [2.05, 4.69) is 4.72 Å². The van der Waals surface area contributed by atoms with Crippen molar-refractivity contribution in [1.82, 2.24) is 0 Å². The van der Waals surface area contributed by atoms with Crippen molar-refractivity contribution in [3.63, 3.8) is 0 Å². The fraction of sp³-hybridized carbons (Fsp3) is 0. The van der Waals surface area contributed by atoms with E-state index in [9.17, 15) is 18.5 Å². The Morgan fingerprint density at radius 2 is 1.62 bits per heavy atom. The van der Waals surface area contributed by atoms with Crippen molar-refractivity contribution < 1.29 is 13.3 Å². The second kappa shape index (κ2) is 6.19. The fourth-order valence-corrected chi connectivity index (χ4v) is 2.45. The first kappa shape index (κ1) is 14.7. The first-order valence-electron chi connectivity index (χ1n) is 5.97. The van der Waals surface area contributed by atoms with Crippen molar-refractivity contribution in [2.75, 3.05) is 4.72 Å². The van der Waals surface area contributed by atoms with E-state index >= 15 is 0 Å². The molecule has 108 valence electrons. The Morgan fingerprint density at radius 1 is 1.00 bits per heavy atom. The Kier molecular flexibility index (Phi) is 4.34. The van der Waals surface area contributed by atoms with Gasteiger partial charge in [0.25, 0.3) is 15.7 Å². The Bertz CT molecular complexity index is 753. The molecule has 2 rings (SSSR count). The summed E-state index contributed by atoms with van der Waals surface area (Å²) in [7, 11) is -3.62. The van der Waals surface area contributed by atoms with Crippen LogP contribution in [-0.4, -0.2) is 13.3 Å². The van der Waals surface area contributed by atoms with Gasteiger partial charge in [-0.3, -0.25) is 14.8 Å². The van der Waals surface area contributed by atoms with Gasteiger partial charge in [0.05, 0.1) is 10.3 Å². The van der Waals surface area contributed by atoms with Crippen LogP contribution in [0, 0.1) is 10.1 Å². The third-order valence-electron chi connectivity index (χ3n) is 2.58. The maximum atomic E-state index is 11.8. The van der Waals surface area contributed by atoms with Crippen LogP contribution in [0.3, 0.4) is 0 Å². The van der Waals surface area contributed by atoms with Gasteiger partial charge in [0.15, 0.2) is 0 Å². The molecule has 0 aromatic heterocycles. The van der Waals surface area contributed by atoms with Gasteiger partial charge in [0, 0.05) is 17.8 Å². The number of nitro benzene ring substituents is 1. The highest BCUT2D eigenvalue weighted by molar-refractivity contribution is 7.95. The quantitative estimate of drug-likeness (QED) is 0.679. The number of non-ortho nitro benzene ring substituents is 1. The van der Waals surface area contributed by atoms with Gasteiger partial charge in [0.1, 0.15) is 0 Å². The van der Waals surface area contributed by atoms with Gasteiger partial charge in [-0.25, -0.2) is 8.42 Å².